The van der Waals surface area contributed by atoms with E-state index < -0.39 is 0 Å². The van der Waals surface area contributed by atoms with E-state index in [9.17, 15) is 5.11 Å². The SMILES string of the molecule is CCCCCCN(CCCCCC)c1cc(C)c(O)c(C)c1. The van der Waals surface area contributed by atoms with Gasteiger partial charge in [-0.15, -0.1) is 0 Å². The molecule has 0 heterocycles. The van der Waals surface area contributed by atoms with Crippen LogP contribution in [0.3, 0.4) is 0 Å². The highest BCUT2D eigenvalue weighted by molar-refractivity contribution is 5.56. The number of benzene rings is 1. The highest BCUT2D eigenvalue weighted by Gasteiger charge is 2.10. The molecule has 0 bridgehead atoms. The Balaban J connectivity index is 2.70. The number of unbranched alkanes of at least 4 members (excludes halogenated alkanes) is 6. The van der Waals surface area contributed by atoms with Crippen molar-refractivity contribution in [3.05, 3.63) is 23.3 Å². The van der Waals surface area contributed by atoms with E-state index in [-0.39, 0.29) is 0 Å². The molecule has 1 rings (SSSR count). The number of anilines is 1. The van der Waals surface area contributed by atoms with Gasteiger partial charge >= 0.3 is 0 Å². The standard InChI is InChI=1S/C20H35NO/c1-5-7-9-11-13-21(14-12-10-8-6-2)19-15-17(3)20(22)18(4)16-19/h15-16,22H,5-14H2,1-4H3. The summed E-state index contributed by atoms with van der Waals surface area (Å²) in [6.07, 6.45) is 10.4. The minimum atomic E-state index is 0.445. The number of hydrogen-bond donors (Lipinski definition) is 1. The molecule has 0 aromatic heterocycles. The maximum Gasteiger partial charge on any atom is 0.121 e. The molecular weight excluding hydrogens is 270 g/mol. The van der Waals surface area contributed by atoms with E-state index in [1.807, 2.05) is 13.8 Å². The van der Waals surface area contributed by atoms with Gasteiger partial charge in [-0.05, 0) is 49.9 Å². The molecule has 1 aromatic rings. The van der Waals surface area contributed by atoms with Crippen LogP contribution in [0.1, 0.15) is 76.3 Å². The molecule has 0 saturated heterocycles. The summed E-state index contributed by atoms with van der Waals surface area (Å²) in [4.78, 5) is 2.52. The fourth-order valence-corrected chi connectivity index (χ4v) is 2.94. The van der Waals surface area contributed by atoms with E-state index in [2.05, 4.69) is 30.9 Å². The average molecular weight is 306 g/mol. The van der Waals surface area contributed by atoms with Gasteiger partial charge in [0.1, 0.15) is 5.75 Å². The highest BCUT2D eigenvalue weighted by atomic mass is 16.3. The van der Waals surface area contributed by atoms with E-state index >= 15 is 0 Å². The lowest BCUT2D eigenvalue weighted by Gasteiger charge is -2.26. The van der Waals surface area contributed by atoms with Crippen molar-refractivity contribution in [2.75, 3.05) is 18.0 Å². The third-order valence-electron chi connectivity index (χ3n) is 4.40. The van der Waals surface area contributed by atoms with Crippen molar-refractivity contribution in [1.82, 2.24) is 0 Å². The van der Waals surface area contributed by atoms with Crippen molar-refractivity contribution >= 4 is 5.69 Å². The zero-order chi connectivity index (χ0) is 16.4. The lowest BCUT2D eigenvalue weighted by Crippen LogP contribution is -2.26. The van der Waals surface area contributed by atoms with Crippen LogP contribution in [0.5, 0.6) is 5.75 Å². The summed E-state index contributed by atoms with van der Waals surface area (Å²) < 4.78 is 0. The number of rotatable bonds is 11. The lowest BCUT2D eigenvalue weighted by molar-refractivity contribution is 0.467. The number of hydrogen-bond acceptors (Lipinski definition) is 2. The van der Waals surface area contributed by atoms with Crippen LogP contribution in [0.2, 0.25) is 0 Å². The highest BCUT2D eigenvalue weighted by Crippen LogP contribution is 2.28. The van der Waals surface area contributed by atoms with Crippen LogP contribution in [0.15, 0.2) is 12.1 Å². The third-order valence-corrected chi connectivity index (χ3v) is 4.40. The van der Waals surface area contributed by atoms with Gasteiger partial charge in [-0.1, -0.05) is 52.4 Å². The average Bonchev–Trinajstić information content (AvgIpc) is 2.50. The van der Waals surface area contributed by atoms with Gasteiger partial charge in [0.2, 0.25) is 0 Å². The minimum absolute atomic E-state index is 0.445. The smallest absolute Gasteiger partial charge is 0.121 e. The van der Waals surface area contributed by atoms with Crippen molar-refractivity contribution in [3.8, 4) is 5.75 Å². The predicted octanol–water partition coefficient (Wildman–Crippen LogP) is 5.98. The van der Waals surface area contributed by atoms with E-state index in [4.69, 9.17) is 0 Å². The maximum atomic E-state index is 9.99. The van der Waals surface area contributed by atoms with Gasteiger partial charge in [0.25, 0.3) is 0 Å². The Morgan fingerprint density at radius 1 is 0.773 bits per heavy atom. The van der Waals surface area contributed by atoms with E-state index in [1.165, 1.54) is 57.1 Å². The van der Waals surface area contributed by atoms with Gasteiger partial charge in [0.05, 0.1) is 0 Å². The number of phenolic OH excluding ortho intramolecular Hbond substituents is 1. The van der Waals surface area contributed by atoms with Gasteiger partial charge < -0.3 is 10.0 Å². The predicted molar refractivity (Wildman–Crippen MR) is 98.1 cm³/mol. The molecule has 0 radical (unpaired) electrons. The molecule has 0 atom stereocenters. The molecule has 0 unspecified atom stereocenters. The number of aromatic hydroxyl groups is 1. The van der Waals surface area contributed by atoms with Crippen molar-refractivity contribution in [3.63, 3.8) is 0 Å². The fourth-order valence-electron chi connectivity index (χ4n) is 2.94. The first-order chi connectivity index (χ1) is 10.6. The molecule has 0 fully saturated rings. The molecule has 0 spiro atoms. The summed E-state index contributed by atoms with van der Waals surface area (Å²) in [5.41, 5.74) is 3.25. The lowest BCUT2D eigenvalue weighted by atomic mass is 10.1. The van der Waals surface area contributed by atoms with E-state index in [1.54, 1.807) is 0 Å². The van der Waals surface area contributed by atoms with Gasteiger partial charge in [0, 0.05) is 18.8 Å². The molecule has 1 N–H and O–H groups in total. The van der Waals surface area contributed by atoms with Crippen molar-refractivity contribution in [1.29, 1.82) is 0 Å². The molecule has 0 aliphatic carbocycles. The molecule has 0 saturated carbocycles. The first-order valence-electron chi connectivity index (χ1n) is 9.15. The zero-order valence-electron chi connectivity index (χ0n) is 15.1. The number of phenols is 1. The Bertz CT molecular complexity index is 393. The van der Waals surface area contributed by atoms with Crippen LogP contribution in [-0.2, 0) is 0 Å². The van der Waals surface area contributed by atoms with E-state index in [0.29, 0.717) is 5.75 Å². The Morgan fingerprint density at radius 3 is 1.64 bits per heavy atom. The second kappa shape index (κ2) is 10.5. The summed E-state index contributed by atoms with van der Waals surface area (Å²) in [6.45, 7) is 10.8. The zero-order valence-corrected chi connectivity index (χ0v) is 15.1. The molecule has 2 nitrogen and oxygen atoms in total. The molecule has 0 aliphatic rings. The molecular formula is C20H35NO. The second-order valence-corrected chi connectivity index (χ2v) is 6.54. The molecule has 22 heavy (non-hydrogen) atoms. The van der Waals surface area contributed by atoms with Crippen molar-refractivity contribution in [2.24, 2.45) is 0 Å². The molecule has 126 valence electrons. The first-order valence-corrected chi connectivity index (χ1v) is 9.15. The van der Waals surface area contributed by atoms with Crippen LogP contribution in [0.4, 0.5) is 5.69 Å². The Labute approximate surface area is 137 Å². The summed E-state index contributed by atoms with van der Waals surface area (Å²) in [7, 11) is 0. The summed E-state index contributed by atoms with van der Waals surface area (Å²) >= 11 is 0. The van der Waals surface area contributed by atoms with Crippen molar-refractivity contribution < 1.29 is 5.11 Å². The summed E-state index contributed by atoms with van der Waals surface area (Å²) in [6, 6.07) is 4.28. The monoisotopic (exact) mass is 305 g/mol. The molecule has 1 aromatic carbocycles. The maximum absolute atomic E-state index is 9.99. The second-order valence-electron chi connectivity index (χ2n) is 6.54. The van der Waals surface area contributed by atoms with Crippen LogP contribution in [-0.4, -0.2) is 18.2 Å². The summed E-state index contributed by atoms with van der Waals surface area (Å²) in [5.74, 6) is 0.445. The van der Waals surface area contributed by atoms with Crippen LogP contribution in [0.25, 0.3) is 0 Å². The fraction of sp³-hybridized carbons (Fsp3) is 0.700. The summed E-state index contributed by atoms with van der Waals surface area (Å²) in [5, 5.41) is 9.99. The van der Waals surface area contributed by atoms with Crippen molar-refractivity contribution in [2.45, 2.75) is 79.1 Å². The van der Waals surface area contributed by atoms with Gasteiger partial charge in [0.15, 0.2) is 0 Å². The first kappa shape index (κ1) is 18.9. The molecule has 0 aliphatic heterocycles. The Hall–Kier alpha value is -1.18. The van der Waals surface area contributed by atoms with Crippen LogP contribution < -0.4 is 4.90 Å². The largest absolute Gasteiger partial charge is 0.507 e. The van der Waals surface area contributed by atoms with E-state index in [0.717, 1.165) is 24.2 Å². The van der Waals surface area contributed by atoms with Crippen LogP contribution in [0, 0.1) is 13.8 Å². The quantitative estimate of drug-likeness (QED) is 0.509. The topological polar surface area (TPSA) is 23.5 Å². The normalized spacial score (nSPS) is 10.9. The van der Waals surface area contributed by atoms with Gasteiger partial charge in [-0.2, -0.15) is 0 Å². The number of aryl methyl sites for hydroxylation is 2. The van der Waals surface area contributed by atoms with Crippen LogP contribution >= 0.6 is 0 Å². The van der Waals surface area contributed by atoms with Gasteiger partial charge in [-0.25, -0.2) is 0 Å². The third kappa shape index (κ3) is 6.29. The Kier molecular flexibility index (Phi) is 9.03. The number of nitrogens with zero attached hydrogens (tertiary/aromatic N) is 1. The van der Waals surface area contributed by atoms with Gasteiger partial charge in [-0.3, -0.25) is 0 Å². The molecule has 2 heteroatoms. The Morgan fingerprint density at radius 2 is 1.23 bits per heavy atom. The minimum Gasteiger partial charge on any atom is -0.507 e. The molecule has 0 amide bonds.